The highest BCUT2D eigenvalue weighted by atomic mass is 16.5. The molecule has 2 aromatic rings. The normalized spacial score (nSPS) is 14.1. The van der Waals surface area contributed by atoms with Gasteiger partial charge in [-0.2, -0.15) is 0 Å². The van der Waals surface area contributed by atoms with Crippen molar-refractivity contribution in [1.82, 2.24) is 4.90 Å². The number of carbonyl (C=O) groups is 2. The number of amides is 1. The van der Waals surface area contributed by atoms with Crippen molar-refractivity contribution in [3.63, 3.8) is 0 Å². The van der Waals surface area contributed by atoms with E-state index in [1.807, 2.05) is 11.0 Å². The van der Waals surface area contributed by atoms with E-state index in [1.165, 1.54) is 0 Å². The van der Waals surface area contributed by atoms with Crippen LogP contribution >= 0.6 is 0 Å². The van der Waals surface area contributed by atoms with Crippen LogP contribution in [-0.2, 0) is 0 Å². The Hall–Kier alpha value is -3.02. The second kappa shape index (κ2) is 7.91. The number of anilines is 1. The number of hydrogen-bond donors (Lipinski definition) is 0. The standard InChI is InChI=1S/C20H22N2O4/c1-25-17-6-3-15(4-7-17)20(24)22-11-9-21(10-12-22)19-13-18(26-2)8-5-16(19)14-23/h3-8,13-14H,9-12H2,1-2H3. The SMILES string of the molecule is COc1ccc(C(=O)N2CCN(c3cc(OC)ccc3C=O)CC2)cc1. The van der Waals surface area contributed by atoms with E-state index in [2.05, 4.69) is 4.90 Å². The minimum atomic E-state index is 0.00792. The smallest absolute Gasteiger partial charge is 0.253 e. The molecule has 1 amide bonds. The molecule has 0 atom stereocenters. The van der Waals surface area contributed by atoms with Crippen LogP contribution in [0.2, 0.25) is 0 Å². The van der Waals surface area contributed by atoms with Gasteiger partial charge in [-0.05, 0) is 36.4 Å². The molecule has 1 heterocycles. The van der Waals surface area contributed by atoms with Gasteiger partial charge in [0.2, 0.25) is 0 Å². The lowest BCUT2D eigenvalue weighted by atomic mass is 10.1. The zero-order chi connectivity index (χ0) is 18.5. The van der Waals surface area contributed by atoms with Crippen molar-refractivity contribution in [2.75, 3.05) is 45.3 Å². The molecule has 0 spiro atoms. The monoisotopic (exact) mass is 354 g/mol. The van der Waals surface area contributed by atoms with E-state index in [9.17, 15) is 9.59 Å². The molecule has 1 aliphatic rings. The third kappa shape index (κ3) is 3.64. The highest BCUT2D eigenvalue weighted by molar-refractivity contribution is 5.94. The largest absolute Gasteiger partial charge is 0.497 e. The number of ether oxygens (including phenoxy) is 2. The first-order valence-corrected chi connectivity index (χ1v) is 8.47. The van der Waals surface area contributed by atoms with Crippen LogP contribution in [0, 0.1) is 0 Å². The topological polar surface area (TPSA) is 59.1 Å². The summed E-state index contributed by atoms with van der Waals surface area (Å²) < 4.78 is 10.4. The molecular formula is C20H22N2O4. The summed E-state index contributed by atoms with van der Waals surface area (Å²) in [6.45, 7) is 2.52. The lowest BCUT2D eigenvalue weighted by Crippen LogP contribution is -2.49. The first kappa shape index (κ1) is 17.8. The molecule has 26 heavy (non-hydrogen) atoms. The molecule has 1 aliphatic heterocycles. The van der Waals surface area contributed by atoms with Gasteiger partial charge in [0.05, 0.1) is 19.9 Å². The molecule has 0 N–H and O–H groups in total. The van der Waals surface area contributed by atoms with Gasteiger partial charge in [0.25, 0.3) is 5.91 Å². The zero-order valence-corrected chi connectivity index (χ0v) is 15.0. The maximum absolute atomic E-state index is 12.7. The van der Waals surface area contributed by atoms with Gasteiger partial charge in [0.15, 0.2) is 6.29 Å². The molecule has 0 saturated carbocycles. The van der Waals surface area contributed by atoms with Crippen molar-refractivity contribution in [3.8, 4) is 11.5 Å². The third-order valence-corrected chi connectivity index (χ3v) is 4.61. The lowest BCUT2D eigenvalue weighted by Gasteiger charge is -2.36. The molecule has 6 nitrogen and oxygen atoms in total. The van der Waals surface area contributed by atoms with Crippen molar-refractivity contribution in [1.29, 1.82) is 0 Å². The van der Waals surface area contributed by atoms with Crippen molar-refractivity contribution < 1.29 is 19.1 Å². The van der Waals surface area contributed by atoms with Crippen molar-refractivity contribution in [2.45, 2.75) is 0 Å². The Kier molecular flexibility index (Phi) is 5.41. The predicted molar refractivity (Wildman–Crippen MR) is 99.5 cm³/mol. The van der Waals surface area contributed by atoms with Gasteiger partial charge in [-0.1, -0.05) is 0 Å². The van der Waals surface area contributed by atoms with Gasteiger partial charge < -0.3 is 19.3 Å². The second-order valence-electron chi connectivity index (χ2n) is 6.05. The number of piperazine rings is 1. The fourth-order valence-corrected chi connectivity index (χ4v) is 3.09. The Labute approximate surface area is 152 Å². The van der Waals surface area contributed by atoms with Crippen molar-refractivity contribution >= 4 is 17.9 Å². The Bertz CT molecular complexity index is 781. The molecule has 0 bridgehead atoms. The number of nitrogens with zero attached hydrogens (tertiary/aromatic N) is 2. The van der Waals surface area contributed by atoms with E-state index in [-0.39, 0.29) is 5.91 Å². The summed E-state index contributed by atoms with van der Waals surface area (Å²) >= 11 is 0. The van der Waals surface area contributed by atoms with Crippen LogP contribution in [0.15, 0.2) is 42.5 Å². The summed E-state index contributed by atoms with van der Waals surface area (Å²) in [5, 5.41) is 0. The molecule has 136 valence electrons. The van der Waals surface area contributed by atoms with E-state index in [1.54, 1.807) is 50.6 Å². The molecule has 0 aliphatic carbocycles. The quantitative estimate of drug-likeness (QED) is 0.772. The summed E-state index contributed by atoms with van der Waals surface area (Å²) in [4.78, 5) is 27.9. The Morgan fingerprint density at radius 3 is 2.12 bits per heavy atom. The number of hydrogen-bond acceptors (Lipinski definition) is 5. The summed E-state index contributed by atoms with van der Waals surface area (Å²) in [5.74, 6) is 1.45. The highest BCUT2D eigenvalue weighted by Gasteiger charge is 2.23. The molecular weight excluding hydrogens is 332 g/mol. The van der Waals surface area contributed by atoms with Crippen LogP contribution in [0.4, 0.5) is 5.69 Å². The Balaban J connectivity index is 1.69. The summed E-state index contributed by atoms with van der Waals surface area (Å²) in [6.07, 6.45) is 0.851. The van der Waals surface area contributed by atoms with Crippen LogP contribution in [-0.4, -0.2) is 57.5 Å². The third-order valence-electron chi connectivity index (χ3n) is 4.61. The fourth-order valence-electron chi connectivity index (χ4n) is 3.09. The highest BCUT2D eigenvalue weighted by Crippen LogP contribution is 2.26. The first-order chi connectivity index (χ1) is 12.7. The number of rotatable bonds is 5. The van der Waals surface area contributed by atoms with Crippen LogP contribution in [0.5, 0.6) is 11.5 Å². The molecule has 1 saturated heterocycles. The van der Waals surface area contributed by atoms with E-state index in [0.717, 1.165) is 17.7 Å². The minimum absolute atomic E-state index is 0.00792. The molecule has 0 radical (unpaired) electrons. The van der Waals surface area contributed by atoms with Gasteiger partial charge in [-0.3, -0.25) is 9.59 Å². The van der Waals surface area contributed by atoms with Crippen LogP contribution in [0.3, 0.4) is 0 Å². The fraction of sp³-hybridized carbons (Fsp3) is 0.300. The summed E-state index contributed by atoms with van der Waals surface area (Å²) in [6, 6.07) is 12.5. The molecule has 2 aromatic carbocycles. The Morgan fingerprint density at radius 2 is 1.54 bits per heavy atom. The van der Waals surface area contributed by atoms with E-state index in [0.29, 0.717) is 43.1 Å². The number of methoxy groups -OCH3 is 2. The Morgan fingerprint density at radius 1 is 0.923 bits per heavy atom. The average Bonchev–Trinajstić information content (AvgIpc) is 2.73. The summed E-state index contributed by atoms with van der Waals surface area (Å²) in [5.41, 5.74) is 2.12. The van der Waals surface area contributed by atoms with Gasteiger partial charge >= 0.3 is 0 Å². The molecule has 3 rings (SSSR count). The van der Waals surface area contributed by atoms with Crippen molar-refractivity contribution in [3.05, 3.63) is 53.6 Å². The van der Waals surface area contributed by atoms with Gasteiger partial charge in [0.1, 0.15) is 11.5 Å². The predicted octanol–water partition coefficient (Wildman–Crippen LogP) is 2.48. The maximum Gasteiger partial charge on any atom is 0.253 e. The molecule has 0 unspecified atom stereocenters. The van der Waals surface area contributed by atoms with Crippen LogP contribution in [0.25, 0.3) is 0 Å². The zero-order valence-electron chi connectivity index (χ0n) is 15.0. The maximum atomic E-state index is 12.7. The van der Waals surface area contributed by atoms with E-state index < -0.39 is 0 Å². The van der Waals surface area contributed by atoms with Crippen molar-refractivity contribution in [2.24, 2.45) is 0 Å². The van der Waals surface area contributed by atoms with Crippen LogP contribution in [0.1, 0.15) is 20.7 Å². The van der Waals surface area contributed by atoms with E-state index >= 15 is 0 Å². The lowest BCUT2D eigenvalue weighted by molar-refractivity contribution is 0.0746. The number of carbonyl (C=O) groups excluding carboxylic acids is 2. The summed E-state index contributed by atoms with van der Waals surface area (Å²) in [7, 11) is 3.20. The first-order valence-electron chi connectivity index (χ1n) is 8.47. The molecule has 0 aromatic heterocycles. The minimum Gasteiger partial charge on any atom is -0.497 e. The van der Waals surface area contributed by atoms with E-state index in [4.69, 9.17) is 9.47 Å². The van der Waals surface area contributed by atoms with Gasteiger partial charge in [-0.15, -0.1) is 0 Å². The average molecular weight is 354 g/mol. The molecule has 1 fully saturated rings. The second-order valence-corrected chi connectivity index (χ2v) is 6.05. The van der Waals surface area contributed by atoms with Gasteiger partial charge in [0, 0.05) is 43.4 Å². The molecule has 6 heteroatoms. The van der Waals surface area contributed by atoms with Crippen LogP contribution < -0.4 is 14.4 Å². The van der Waals surface area contributed by atoms with Gasteiger partial charge in [-0.25, -0.2) is 0 Å². The number of aldehydes is 1. The number of benzene rings is 2.